The lowest BCUT2D eigenvalue weighted by atomic mass is 9.95. The molecule has 1 N–H and O–H groups in total. The molecule has 27 heavy (non-hydrogen) atoms. The molecule has 2 aromatic carbocycles. The number of nitrogens with zero attached hydrogens (tertiary/aromatic N) is 1. The quantitative estimate of drug-likeness (QED) is 0.776. The molecule has 1 heterocycles. The first-order valence-corrected chi connectivity index (χ1v) is 10.8. The first kappa shape index (κ1) is 19.6. The molecule has 0 saturated carbocycles. The van der Waals surface area contributed by atoms with Crippen molar-refractivity contribution in [2.24, 2.45) is 0 Å². The van der Waals surface area contributed by atoms with E-state index in [4.69, 9.17) is 0 Å². The number of sulfonamides is 1. The summed E-state index contributed by atoms with van der Waals surface area (Å²) in [5.41, 5.74) is 2.97. The van der Waals surface area contributed by atoms with Crippen molar-refractivity contribution >= 4 is 15.9 Å². The zero-order valence-electron chi connectivity index (χ0n) is 15.8. The fourth-order valence-electron chi connectivity index (χ4n) is 3.33. The van der Waals surface area contributed by atoms with Crippen LogP contribution < -0.4 is 5.32 Å². The lowest BCUT2D eigenvalue weighted by Crippen LogP contribution is -2.52. The molecular formula is C21H26N2O3S. The summed E-state index contributed by atoms with van der Waals surface area (Å²) < 4.78 is 27.9. The van der Waals surface area contributed by atoms with Crippen LogP contribution in [0.5, 0.6) is 0 Å². The van der Waals surface area contributed by atoms with Gasteiger partial charge >= 0.3 is 0 Å². The third-order valence-corrected chi connectivity index (χ3v) is 6.83. The van der Waals surface area contributed by atoms with Gasteiger partial charge in [0.05, 0.1) is 4.90 Å². The normalized spacial score (nSPS) is 17.3. The maximum atomic E-state index is 13.3. The van der Waals surface area contributed by atoms with Crippen LogP contribution in [0.3, 0.4) is 0 Å². The second-order valence-corrected chi connectivity index (χ2v) is 8.89. The van der Waals surface area contributed by atoms with Gasteiger partial charge in [0.25, 0.3) is 0 Å². The third kappa shape index (κ3) is 4.22. The molecule has 0 saturated heterocycles. The lowest BCUT2D eigenvalue weighted by molar-refractivity contribution is -0.125. The molecular weight excluding hydrogens is 360 g/mol. The Bertz CT molecular complexity index is 907. The molecule has 0 radical (unpaired) electrons. The minimum Gasteiger partial charge on any atom is -0.355 e. The fraction of sp³-hybridized carbons (Fsp3) is 0.381. The zero-order chi connectivity index (χ0) is 19.4. The largest absolute Gasteiger partial charge is 0.355 e. The van der Waals surface area contributed by atoms with E-state index in [0.29, 0.717) is 13.0 Å². The summed E-state index contributed by atoms with van der Waals surface area (Å²) in [5, 5.41) is 2.90. The van der Waals surface area contributed by atoms with E-state index in [-0.39, 0.29) is 17.3 Å². The van der Waals surface area contributed by atoms with E-state index in [2.05, 4.69) is 12.2 Å². The summed E-state index contributed by atoms with van der Waals surface area (Å²) in [4.78, 5) is 13.0. The number of benzene rings is 2. The number of carbonyl (C=O) groups excluding carboxylic acids is 1. The zero-order valence-corrected chi connectivity index (χ0v) is 16.6. The molecule has 3 rings (SSSR count). The van der Waals surface area contributed by atoms with Gasteiger partial charge in [-0.25, -0.2) is 8.42 Å². The summed E-state index contributed by atoms with van der Waals surface area (Å²) in [5.74, 6) is -0.228. The van der Waals surface area contributed by atoms with E-state index in [1.165, 1.54) is 4.31 Å². The number of carbonyl (C=O) groups is 1. The molecule has 0 unspecified atom stereocenters. The average molecular weight is 387 g/mol. The van der Waals surface area contributed by atoms with Gasteiger partial charge < -0.3 is 5.32 Å². The predicted molar refractivity (Wildman–Crippen MR) is 106 cm³/mol. The van der Waals surface area contributed by atoms with E-state index < -0.39 is 16.1 Å². The number of fused-ring (bicyclic) bond motifs is 1. The highest BCUT2D eigenvalue weighted by Crippen LogP contribution is 2.29. The van der Waals surface area contributed by atoms with E-state index in [1.54, 1.807) is 24.3 Å². The monoisotopic (exact) mass is 386 g/mol. The molecule has 0 aliphatic carbocycles. The van der Waals surface area contributed by atoms with Crippen molar-refractivity contribution in [3.63, 3.8) is 0 Å². The minimum atomic E-state index is -3.77. The van der Waals surface area contributed by atoms with E-state index >= 15 is 0 Å². The average Bonchev–Trinajstić information content (AvgIpc) is 2.67. The van der Waals surface area contributed by atoms with Crippen LogP contribution in [-0.4, -0.2) is 31.2 Å². The van der Waals surface area contributed by atoms with Gasteiger partial charge in [-0.3, -0.25) is 4.79 Å². The van der Waals surface area contributed by atoms with Crippen molar-refractivity contribution in [3.8, 4) is 0 Å². The van der Waals surface area contributed by atoms with Crippen LogP contribution in [0.25, 0.3) is 0 Å². The van der Waals surface area contributed by atoms with Crippen molar-refractivity contribution in [1.29, 1.82) is 0 Å². The lowest BCUT2D eigenvalue weighted by Gasteiger charge is -2.35. The number of hydrogen-bond acceptors (Lipinski definition) is 3. The summed E-state index contributed by atoms with van der Waals surface area (Å²) in [7, 11) is -3.77. The standard InChI is InChI=1S/C21H26N2O3S/c1-3-4-13-22-21(24)20-14-17-7-5-6-8-18(17)15-23(20)27(25,26)19-11-9-16(2)10-12-19/h5-12,20H,3-4,13-15H2,1-2H3,(H,22,24)/t20-/m0/s1. The molecule has 1 amide bonds. The van der Waals surface area contributed by atoms with Crippen LogP contribution >= 0.6 is 0 Å². The van der Waals surface area contributed by atoms with Crippen molar-refractivity contribution in [3.05, 3.63) is 65.2 Å². The Kier molecular flexibility index (Phi) is 5.97. The van der Waals surface area contributed by atoms with Gasteiger partial charge in [-0.15, -0.1) is 0 Å². The van der Waals surface area contributed by atoms with Gasteiger partial charge in [0.15, 0.2) is 0 Å². The second kappa shape index (κ2) is 8.23. The summed E-state index contributed by atoms with van der Waals surface area (Å²) in [6.45, 7) is 4.73. The molecule has 0 fully saturated rings. The smallest absolute Gasteiger partial charge is 0.244 e. The van der Waals surface area contributed by atoms with Gasteiger partial charge in [-0.2, -0.15) is 4.31 Å². The number of nitrogens with one attached hydrogen (secondary N) is 1. The van der Waals surface area contributed by atoms with Crippen molar-refractivity contribution in [2.45, 2.75) is 50.6 Å². The molecule has 2 aromatic rings. The molecule has 6 heteroatoms. The minimum absolute atomic E-state index is 0.207. The summed E-state index contributed by atoms with van der Waals surface area (Å²) >= 11 is 0. The molecule has 144 valence electrons. The number of rotatable bonds is 6. The highest BCUT2D eigenvalue weighted by atomic mass is 32.2. The predicted octanol–water partition coefficient (Wildman–Crippen LogP) is 3.03. The maximum absolute atomic E-state index is 13.3. The van der Waals surface area contributed by atoms with Crippen LogP contribution in [0, 0.1) is 6.92 Å². The van der Waals surface area contributed by atoms with E-state index in [0.717, 1.165) is 29.5 Å². The van der Waals surface area contributed by atoms with Crippen LogP contribution in [0.15, 0.2) is 53.4 Å². The molecule has 1 atom stereocenters. The van der Waals surface area contributed by atoms with Gasteiger partial charge in [-0.1, -0.05) is 55.3 Å². The Balaban J connectivity index is 1.95. The SMILES string of the molecule is CCCCNC(=O)[C@@H]1Cc2ccccc2CN1S(=O)(=O)c1ccc(C)cc1. The van der Waals surface area contributed by atoms with Crippen molar-refractivity contribution in [1.82, 2.24) is 9.62 Å². The molecule has 0 bridgehead atoms. The number of amides is 1. The van der Waals surface area contributed by atoms with Crippen LogP contribution in [0.1, 0.15) is 36.5 Å². The molecule has 5 nitrogen and oxygen atoms in total. The van der Waals surface area contributed by atoms with Crippen LogP contribution in [0.4, 0.5) is 0 Å². The molecule has 1 aliphatic rings. The Hall–Kier alpha value is -2.18. The molecule has 0 aromatic heterocycles. The highest BCUT2D eigenvalue weighted by Gasteiger charge is 2.39. The van der Waals surface area contributed by atoms with Gasteiger partial charge in [-0.05, 0) is 43.0 Å². The summed E-state index contributed by atoms with van der Waals surface area (Å²) in [6, 6.07) is 13.8. The number of aryl methyl sites for hydroxylation is 1. The molecule has 0 spiro atoms. The Labute approximate surface area is 161 Å². The fourth-order valence-corrected chi connectivity index (χ4v) is 4.89. The van der Waals surface area contributed by atoms with E-state index in [9.17, 15) is 13.2 Å². The first-order chi connectivity index (χ1) is 12.9. The second-order valence-electron chi connectivity index (χ2n) is 7.00. The Morgan fingerprint density at radius 2 is 1.78 bits per heavy atom. The first-order valence-electron chi connectivity index (χ1n) is 9.36. The van der Waals surface area contributed by atoms with Crippen LogP contribution in [-0.2, 0) is 27.8 Å². The van der Waals surface area contributed by atoms with Gasteiger partial charge in [0, 0.05) is 13.1 Å². The Morgan fingerprint density at radius 3 is 2.44 bits per heavy atom. The highest BCUT2D eigenvalue weighted by molar-refractivity contribution is 7.89. The Morgan fingerprint density at radius 1 is 1.11 bits per heavy atom. The van der Waals surface area contributed by atoms with Crippen LogP contribution in [0.2, 0.25) is 0 Å². The van der Waals surface area contributed by atoms with E-state index in [1.807, 2.05) is 31.2 Å². The number of hydrogen-bond donors (Lipinski definition) is 1. The van der Waals surface area contributed by atoms with Crippen molar-refractivity contribution < 1.29 is 13.2 Å². The molecule has 1 aliphatic heterocycles. The van der Waals surface area contributed by atoms with Gasteiger partial charge in [0.2, 0.25) is 15.9 Å². The third-order valence-electron chi connectivity index (χ3n) is 4.97. The summed E-state index contributed by atoms with van der Waals surface area (Å²) in [6.07, 6.45) is 2.23. The van der Waals surface area contributed by atoms with Crippen molar-refractivity contribution in [2.75, 3.05) is 6.54 Å². The maximum Gasteiger partial charge on any atom is 0.244 e. The number of unbranched alkanes of at least 4 members (excludes halogenated alkanes) is 1. The topological polar surface area (TPSA) is 66.5 Å². The van der Waals surface area contributed by atoms with Gasteiger partial charge in [0.1, 0.15) is 6.04 Å².